The van der Waals surface area contributed by atoms with Crippen molar-refractivity contribution >= 4 is 11.0 Å². The van der Waals surface area contributed by atoms with Crippen molar-refractivity contribution < 1.29 is 0 Å². The summed E-state index contributed by atoms with van der Waals surface area (Å²) in [5.41, 5.74) is 5.81. The van der Waals surface area contributed by atoms with Gasteiger partial charge in [-0.15, -0.1) is 0 Å². The molecule has 0 aromatic carbocycles. The summed E-state index contributed by atoms with van der Waals surface area (Å²) in [6, 6.07) is 8.25. The van der Waals surface area contributed by atoms with E-state index in [9.17, 15) is 0 Å². The fourth-order valence-electron chi connectivity index (χ4n) is 4.36. The van der Waals surface area contributed by atoms with E-state index in [0.717, 1.165) is 36.5 Å². The minimum absolute atomic E-state index is 0.598. The molecular formula is C22H24N6. The third-order valence-electron chi connectivity index (χ3n) is 5.74. The van der Waals surface area contributed by atoms with Crippen molar-refractivity contribution in [3.05, 3.63) is 66.4 Å². The largest absolute Gasteiger partial charge is 0.346 e. The molecule has 0 radical (unpaired) electrons. The maximum Gasteiger partial charge on any atom is 0.137 e. The molecule has 142 valence electrons. The predicted octanol–water partition coefficient (Wildman–Crippen LogP) is 3.74. The topological polar surface area (TPSA) is 62.6 Å². The summed E-state index contributed by atoms with van der Waals surface area (Å²) in [5, 5.41) is 5.95. The highest BCUT2D eigenvalue weighted by Gasteiger charge is 2.24. The molecule has 0 saturated carbocycles. The van der Waals surface area contributed by atoms with Crippen molar-refractivity contribution in [2.24, 2.45) is 7.05 Å². The lowest BCUT2D eigenvalue weighted by Crippen LogP contribution is -2.32. The van der Waals surface area contributed by atoms with Gasteiger partial charge in [-0.3, -0.25) is 14.6 Å². The molecule has 1 saturated heterocycles. The Bertz CT molecular complexity index is 1070. The van der Waals surface area contributed by atoms with Gasteiger partial charge in [0.2, 0.25) is 0 Å². The van der Waals surface area contributed by atoms with Gasteiger partial charge < -0.3 is 4.98 Å². The van der Waals surface area contributed by atoms with E-state index >= 15 is 0 Å². The van der Waals surface area contributed by atoms with E-state index in [1.165, 1.54) is 29.4 Å². The van der Waals surface area contributed by atoms with Crippen LogP contribution in [-0.2, 0) is 13.6 Å². The number of H-pyrrole nitrogens is 1. The summed E-state index contributed by atoms with van der Waals surface area (Å²) in [5.74, 6) is 0.598. The minimum atomic E-state index is 0.598. The minimum Gasteiger partial charge on any atom is -0.346 e. The van der Waals surface area contributed by atoms with E-state index in [1.54, 1.807) is 6.20 Å². The number of aryl methyl sites for hydroxylation is 1. The summed E-state index contributed by atoms with van der Waals surface area (Å²) < 4.78 is 1.91. The van der Waals surface area contributed by atoms with Gasteiger partial charge in [-0.25, -0.2) is 4.98 Å². The van der Waals surface area contributed by atoms with Crippen molar-refractivity contribution in [2.45, 2.75) is 25.3 Å². The van der Waals surface area contributed by atoms with Crippen LogP contribution in [0, 0.1) is 0 Å². The third-order valence-corrected chi connectivity index (χ3v) is 5.74. The Morgan fingerprint density at radius 1 is 1.14 bits per heavy atom. The number of aromatic nitrogens is 5. The molecule has 1 fully saturated rings. The van der Waals surface area contributed by atoms with E-state index in [1.807, 2.05) is 36.3 Å². The van der Waals surface area contributed by atoms with Gasteiger partial charge in [0.1, 0.15) is 5.65 Å². The van der Waals surface area contributed by atoms with Crippen LogP contribution >= 0.6 is 0 Å². The molecule has 1 aliphatic heterocycles. The molecule has 0 unspecified atom stereocenters. The number of pyridine rings is 2. The predicted molar refractivity (Wildman–Crippen MR) is 110 cm³/mol. The lowest BCUT2D eigenvalue weighted by Gasteiger charge is -2.31. The zero-order valence-electron chi connectivity index (χ0n) is 16.0. The first-order valence-corrected chi connectivity index (χ1v) is 9.85. The maximum atomic E-state index is 4.68. The SMILES string of the molecule is Cn1cc(CN2CCC(c3c[nH]c4ncccc34)CC2)c(-c2cccnc2)n1. The standard InChI is InChI=1S/C22H24N6/c1-27-14-18(21(26-27)17-4-2-8-23-12-17)15-28-10-6-16(7-11-28)20-13-25-22-19(20)5-3-9-24-22/h2-5,8-9,12-14,16H,6-7,10-11,15H2,1H3,(H,24,25). The first kappa shape index (κ1) is 17.1. The van der Waals surface area contributed by atoms with Crippen molar-refractivity contribution in [2.75, 3.05) is 13.1 Å². The molecule has 0 spiro atoms. The highest BCUT2D eigenvalue weighted by atomic mass is 15.3. The first-order chi connectivity index (χ1) is 13.8. The van der Waals surface area contributed by atoms with Gasteiger partial charge in [0.05, 0.1) is 5.69 Å². The van der Waals surface area contributed by atoms with E-state index in [0.29, 0.717) is 5.92 Å². The van der Waals surface area contributed by atoms with Gasteiger partial charge in [0.25, 0.3) is 0 Å². The average molecular weight is 372 g/mol. The van der Waals surface area contributed by atoms with Gasteiger partial charge in [0, 0.05) is 61.1 Å². The Balaban J connectivity index is 1.30. The molecule has 1 N–H and O–H groups in total. The zero-order valence-corrected chi connectivity index (χ0v) is 16.0. The average Bonchev–Trinajstić information content (AvgIpc) is 3.33. The van der Waals surface area contributed by atoms with Gasteiger partial charge in [-0.1, -0.05) is 0 Å². The van der Waals surface area contributed by atoms with E-state index in [4.69, 9.17) is 0 Å². The molecule has 0 bridgehead atoms. The van der Waals surface area contributed by atoms with Crippen LogP contribution in [0.2, 0.25) is 0 Å². The molecular weight excluding hydrogens is 348 g/mol. The number of hydrogen-bond donors (Lipinski definition) is 1. The molecule has 1 aliphatic rings. The molecule has 4 aromatic heterocycles. The Kier molecular flexibility index (Phi) is 4.41. The first-order valence-electron chi connectivity index (χ1n) is 9.85. The van der Waals surface area contributed by atoms with Crippen LogP contribution in [0.25, 0.3) is 22.3 Å². The molecule has 0 amide bonds. The number of aromatic amines is 1. The van der Waals surface area contributed by atoms with E-state index in [2.05, 4.69) is 49.5 Å². The second-order valence-electron chi connectivity index (χ2n) is 7.61. The number of nitrogens with one attached hydrogen (secondary N) is 1. The van der Waals surface area contributed by atoms with Crippen LogP contribution in [0.15, 0.2) is 55.2 Å². The van der Waals surface area contributed by atoms with Crippen LogP contribution in [0.1, 0.15) is 29.9 Å². The van der Waals surface area contributed by atoms with Crippen LogP contribution in [0.4, 0.5) is 0 Å². The highest BCUT2D eigenvalue weighted by Crippen LogP contribution is 2.33. The number of likely N-dealkylation sites (tertiary alicyclic amines) is 1. The van der Waals surface area contributed by atoms with Crippen molar-refractivity contribution in [1.82, 2.24) is 29.6 Å². The molecule has 4 aromatic rings. The smallest absolute Gasteiger partial charge is 0.137 e. The molecule has 0 atom stereocenters. The van der Waals surface area contributed by atoms with E-state index < -0.39 is 0 Å². The van der Waals surface area contributed by atoms with Crippen LogP contribution < -0.4 is 0 Å². The maximum absolute atomic E-state index is 4.68. The lowest BCUT2D eigenvalue weighted by atomic mass is 9.89. The number of fused-ring (bicyclic) bond motifs is 1. The lowest BCUT2D eigenvalue weighted by molar-refractivity contribution is 0.205. The zero-order chi connectivity index (χ0) is 18.9. The molecule has 5 rings (SSSR count). The highest BCUT2D eigenvalue weighted by molar-refractivity contribution is 5.80. The second-order valence-corrected chi connectivity index (χ2v) is 7.61. The fourth-order valence-corrected chi connectivity index (χ4v) is 4.36. The van der Waals surface area contributed by atoms with Crippen molar-refractivity contribution in [3.63, 3.8) is 0 Å². The van der Waals surface area contributed by atoms with Gasteiger partial charge >= 0.3 is 0 Å². The van der Waals surface area contributed by atoms with E-state index in [-0.39, 0.29) is 0 Å². The van der Waals surface area contributed by atoms with Crippen molar-refractivity contribution in [3.8, 4) is 11.3 Å². The molecule has 6 heteroatoms. The summed E-state index contributed by atoms with van der Waals surface area (Å²) in [6.45, 7) is 3.12. The molecule has 5 heterocycles. The number of rotatable bonds is 4. The number of hydrogen-bond acceptors (Lipinski definition) is 4. The van der Waals surface area contributed by atoms with Crippen LogP contribution in [0.3, 0.4) is 0 Å². The third kappa shape index (κ3) is 3.20. The Morgan fingerprint density at radius 2 is 2.00 bits per heavy atom. The molecule has 28 heavy (non-hydrogen) atoms. The van der Waals surface area contributed by atoms with Gasteiger partial charge in [0.15, 0.2) is 0 Å². The van der Waals surface area contributed by atoms with Gasteiger partial charge in [-0.05, 0) is 61.7 Å². The normalized spacial score (nSPS) is 16.0. The Hall–Kier alpha value is -2.99. The fraction of sp³-hybridized carbons (Fsp3) is 0.318. The monoisotopic (exact) mass is 372 g/mol. The summed E-state index contributed by atoms with van der Waals surface area (Å²) >= 11 is 0. The Labute approximate surface area is 164 Å². The molecule has 6 nitrogen and oxygen atoms in total. The summed E-state index contributed by atoms with van der Waals surface area (Å²) in [7, 11) is 1.99. The number of nitrogens with zero attached hydrogens (tertiary/aromatic N) is 5. The quantitative estimate of drug-likeness (QED) is 0.593. The summed E-state index contributed by atoms with van der Waals surface area (Å²) in [6.07, 6.45) is 12.2. The molecule has 0 aliphatic carbocycles. The van der Waals surface area contributed by atoms with Crippen molar-refractivity contribution in [1.29, 1.82) is 0 Å². The van der Waals surface area contributed by atoms with Gasteiger partial charge in [-0.2, -0.15) is 5.10 Å². The summed E-state index contributed by atoms with van der Waals surface area (Å²) in [4.78, 5) is 14.5. The second kappa shape index (κ2) is 7.20. The van der Waals surface area contributed by atoms with Crippen LogP contribution in [-0.4, -0.2) is 42.7 Å². The van der Waals surface area contributed by atoms with Crippen LogP contribution in [0.5, 0.6) is 0 Å². The number of piperidine rings is 1. The Morgan fingerprint density at radius 3 is 2.82 bits per heavy atom.